The number of carbonyl (C=O) groups excluding carboxylic acids is 1. The summed E-state index contributed by atoms with van der Waals surface area (Å²) in [6.07, 6.45) is -2.46. The maximum Gasteiger partial charge on any atom is 0.251 e. The Kier molecular flexibility index (Phi) is 4.94. The molecule has 0 unspecified atom stereocenters. The second-order valence-corrected chi connectivity index (χ2v) is 7.32. The fourth-order valence-corrected chi connectivity index (χ4v) is 4.02. The number of ether oxygens (including phenoxy) is 1. The summed E-state index contributed by atoms with van der Waals surface area (Å²) in [7, 11) is 0. The molecule has 1 aromatic carbocycles. The highest BCUT2D eigenvalue weighted by molar-refractivity contribution is 7.18. The molecule has 3 aromatic rings. The molecule has 0 radical (unpaired) electrons. The number of aliphatic hydroxyl groups excluding tert-OH is 3. The molecule has 27 heavy (non-hydrogen) atoms. The number of fused-ring (bicyclic) bond motifs is 1. The molecule has 0 aliphatic carbocycles. The van der Waals surface area contributed by atoms with Crippen molar-refractivity contribution in [3.05, 3.63) is 52.9 Å². The van der Waals surface area contributed by atoms with Gasteiger partial charge < -0.3 is 29.8 Å². The van der Waals surface area contributed by atoms with E-state index in [0.29, 0.717) is 21.8 Å². The molecular formula is C18H18N2O6S. The van der Waals surface area contributed by atoms with Crippen molar-refractivity contribution < 1.29 is 29.3 Å². The standard InChI is InChI=1S/C18H18N2O6S/c21-8-12-14(22)15(23)16(26-12)18-20-11-6-9(3-4-13(11)27-18)17(24)19-7-10-2-1-5-25-10/h1-6,12,14-16,21-23H,7-8H2,(H,19,24)/t12-,14-,15-,16-/m1/s1. The molecule has 0 bridgehead atoms. The smallest absolute Gasteiger partial charge is 0.251 e. The molecule has 0 spiro atoms. The van der Waals surface area contributed by atoms with Gasteiger partial charge in [-0.15, -0.1) is 11.3 Å². The van der Waals surface area contributed by atoms with Crippen LogP contribution in [-0.2, 0) is 11.3 Å². The number of hydrogen-bond donors (Lipinski definition) is 4. The summed E-state index contributed by atoms with van der Waals surface area (Å²) in [5, 5.41) is 32.5. The molecule has 142 valence electrons. The fraction of sp³-hybridized carbons (Fsp3) is 0.333. The van der Waals surface area contributed by atoms with Gasteiger partial charge in [-0.2, -0.15) is 0 Å². The Balaban J connectivity index is 1.52. The van der Waals surface area contributed by atoms with Crippen molar-refractivity contribution in [1.82, 2.24) is 10.3 Å². The summed E-state index contributed by atoms with van der Waals surface area (Å²) < 4.78 is 11.5. The van der Waals surface area contributed by atoms with Crippen LogP contribution in [-0.4, -0.2) is 51.1 Å². The molecule has 8 nitrogen and oxygen atoms in total. The van der Waals surface area contributed by atoms with Crippen LogP contribution in [0.2, 0.25) is 0 Å². The van der Waals surface area contributed by atoms with Gasteiger partial charge in [0.2, 0.25) is 0 Å². The van der Waals surface area contributed by atoms with E-state index in [0.717, 1.165) is 4.70 Å². The first kappa shape index (κ1) is 18.1. The predicted molar refractivity (Wildman–Crippen MR) is 96.2 cm³/mol. The lowest BCUT2D eigenvalue weighted by Gasteiger charge is -2.11. The van der Waals surface area contributed by atoms with E-state index in [1.54, 1.807) is 36.6 Å². The van der Waals surface area contributed by atoms with Gasteiger partial charge in [0.15, 0.2) is 0 Å². The molecule has 3 heterocycles. The monoisotopic (exact) mass is 390 g/mol. The van der Waals surface area contributed by atoms with Crippen molar-refractivity contribution in [2.45, 2.75) is 31.0 Å². The van der Waals surface area contributed by atoms with E-state index in [1.807, 2.05) is 0 Å². The van der Waals surface area contributed by atoms with Gasteiger partial charge in [-0.1, -0.05) is 0 Å². The topological polar surface area (TPSA) is 125 Å². The summed E-state index contributed by atoms with van der Waals surface area (Å²) in [4.78, 5) is 16.8. The van der Waals surface area contributed by atoms with Gasteiger partial charge in [-0.25, -0.2) is 4.98 Å². The molecule has 0 saturated carbocycles. The Morgan fingerprint density at radius 1 is 1.26 bits per heavy atom. The molecule has 4 rings (SSSR count). The van der Waals surface area contributed by atoms with Crippen LogP contribution in [0.15, 0.2) is 41.0 Å². The lowest BCUT2D eigenvalue weighted by Crippen LogP contribution is -2.32. The van der Waals surface area contributed by atoms with E-state index < -0.39 is 24.4 Å². The average Bonchev–Trinajstić information content (AvgIpc) is 3.39. The number of hydrogen-bond acceptors (Lipinski definition) is 8. The van der Waals surface area contributed by atoms with Crippen LogP contribution in [0.25, 0.3) is 10.2 Å². The van der Waals surface area contributed by atoms with Crippen molar-refractivity contribution >= 4 is 27.5 Å². The van der Waals surface area contributed by atoms with E-state index in [1.165, 1.54) is 11.3 Å². The number of furan rings is 1. The Labute approximate surface area is 158 Å². The molecule has 1 saturated heterocycles. The van der Waals surface area contributed by atoms with Crippen LogP contribution in [0.3, 0.4) is 0 Å². The molecule has 1 aliphatic rings. The van der Waals surface area contributed by atoms with Crippen LogP contribution >= 0.6 is 11.3 Å². The maximum atomic E-state index is 12.3. The lowest BCUT2D eigenvalue weighted by molar-refractivity contribution is -0.0227. The van der Waals surface area contributed by atoms with E-state index >= 15 is 0 Å². The molecule has 4 N–H and O–H groups in total. The highest BCUT2D eigenvalue weighted by atomic mass is 32.1. The second kappa shape index (κ2) is 7.37. The third-order valence-corrected chi connectivity index (χ3v) is 5.55. The highest BCUT2D eigenvalue weighted by Gasteiger charge is 2.44. The van der Waals surface area contributed by atoms with Crippen molar-refractivity contribution in [3.63, 3.8) is 0 Å². The predicted octanol–water partition coefficient (Wildman–Crippen LogP) is 0.973. The van der Waals surface area contributed by atoms with Crippen LogP contribution in [0, 0.1) is 0 Å². The zero-order valence-electron chi connectivity index (χ0n) is 14.1. The first-order chi connectivity index (χ1) is 13.1. The number of benzene rings is 1. The summed E-state index contributed by atoms with van der Waals surface area (Å²) >= 11 is 1.31. The van der Waals surface area contributed by atoms with Gasteiger partial charge in [0.1, 0.15) is 35.2 Å². The number of nitrogens with one attached hydrogen (secondary N) is 1. The van der Waals surface area contributed by atoms with Crippen LogP contribution in [0.1, 0.15) is 27.2 Å². The number of nitrogens with zero attached hydrogens (tertiary/aromatic N) is 1. The Morgan fingerprint density at radius 3 is 2.81 bits per heavy atom. The van der Waals surface area contributed by atoms with Gasteiger partial charge in [-0.05, 0) is 30.3 Å². The third kappa shape index (κ3) is 3.47. The van der Waals surface area contributed by atoms with Crippen LogP contribution in [0.5, 0.6) is 0 Å². The minimum atomic E-state index is -1.17. The largest absolute Gasteiger partial charge is 0.467 e. The highest BCUT2D eigenvalue weighted by Crippen LogP contribution is 2.37. The average molecular weight is 390 g/mol. The number of aromatic nitrogens is 1. The maximum absolute atomic E-state index is 12.3. The first-order valence-electron chi connectivity index (χ1n) is 8.40. The lowest BCUT2D eigenvalue weighted by atomic mass is 10.1. The molecule has 4 atom stereocenters. The summed E-state index contributed by atoms with van der Waals surface area (Å²) in [5.41, 5.74) is 1.05. The molecular weight excluding hydrogens is 372 g/mol. The first-order valence-corrected chi connectivity index (χ1v) is 9.22. The number of aliphatic hydroxyl groups is 3. The van der Waals surface area contributed by atoms with E-state index in [2.05, 4.69) is 10.3 Å². The van der Waals surface area contributed by atoms with Gasteiger partial charge in [0.25, 0.3) is 5.91 Å². The number of thiazole rings is 1. The normalized spacial score (nSPS) is 25.1. The third-order valence-electron chi connectivity index (χ3n) is 4.46. The Morgan fingerprint density at radius 2 is 2.11 bits per heavy atom. The van der Waals surface area contributed by atoms with Gasteiger partial charge in [0, 0.05) is 5.56 Å². The van der Waals surface area contributed by atoms with Crippen LogP contribution < -0.4 is 5.32 Å². The summed E-state index contributed by atoms with van der Waals surface area (Å²) in [6, 6.07) is 8.66. The minimum Gasteiger partial charge on any atom is -0.467 e. The van der Waals surface area contributed by atoms with E-state index in [-0.39, 0.29) is 19.1 Å². The summed E-state index contributed by atoms with van der Waals surface area (Å²) in [5.74, 6) is 0.403. The molecule has 9 heteroatoms. The number of amides is 1. The zero-order valence-corrected chi connectivity index (χ0v) is 14.9. The van der Waals surface area contributed by atoms with Gasteiger partial charge in [-0.3, -0.25) is 4.79 Å². The molecule has 1 amide bonds. The molecule has 1 aliphatic heterocycles. The molecule has 1 fully saturated rings. The zero-order chi connectivity index (χ0) is 19.0. The minimum absolute atomic E-state index is 0.254. The van der Waals surface area contributed by atoms with Crippen molar-refractivity contribution in [2.24, 2.45) is 0 Å². The van der Waals surface area contributed by atoms with Crippen LogP contribution in [0.4, 0.5) is 0 Å². The van der Waals surface area contributed by atoms with E-state index in [9.17, 15) is 20.1 Å². The van der Waals surface area contributed by atoms with Crippen molar-refractivity contribution in [2.75, 3.05) is 6.61 Å². The second-order valence-electron chi connectivity index (χ2n) is 6.26. The number of carbonyl (C=O) groups is 1. The van der Waals surface area contributed by atoms with Gasteiger partial charge in [0.05, 0.1) is 29.6 Å². The molecule has 2 aromatic heterocycles. The fourth-order valence-electron chi connectivity index (χ4n) is 2.99. The van der Waals surface area contributed by atoms with E-state index in [4.69, 9.17) is 9.15 Å². The number of rotatable bonds is 5. The van der Waals surface area contributed by atoms with Gasteiger partial charge >= 0.3 is 0 Å². The quantitative estimate of drug-likeness (QED) is 0.512. The Hall–Kier alpha value is -2.30. The van der Waals surface area contributed by atoms with Crippen molar-refractivity contribution in [3.8, 4) is 0 Å². The Bertz CT molecular complexity index is 941. The summed E-state index contributed by atoms with van der Waals surface area (Å²) in [6.45, 7) is -0.103. The van der Waals surface area contributed by atoms with Crippen molar-refractivity contribution in [1.29, 1.82) is 0 Å². The SMILES string of the molecule is O=C(NCc1ccco1)c1ccc2sc([C@@H]3O[C@H](CO)[C@@H](O)[C@H]3O)nc2c1.